The third kappa shape index (κ3) is 3.26. The molecule has 0 atom stereocenters. The third-order valence-electron chi connectivity index (χ3n) is 2.62. The number of rotatable bonds is 4. The summed E-state index contributed by atoms with van der Waals surface area (Å²) in [5.74, 6) is 1.08. The molecule has 0 bridgehead atoms. The highest BCUT2D eigenvalue weighted by atomic mass is 15.1. The predicted molar refractivity (Wildman–Crippen MR) is 72.4 cm³/mol. The lowest BCUT2D eigenvalue weighted by atomic mass is 10.1. The van der Waals surface area contributed by atoms with Crippen molar-refractivity contribution in [3.63, 3.8) is 0 Å². The van der Waals surface area contributed by atoms with Gasteiger partial charge in [-0.3, -0.25) is 4.98 Å². The zero-order valence-electron chi connectivity index (χ0n) is 11.0. The minimum atomic E-state index is 0.405. The van der Waals surface area contributed by atoms with Crippen LogP contribution in [0.15, 0.2) is 30.5 Å². The number of pyridine rings is 1. The molecule has 4 heteroatoms. The molecule has 0 saturated heterocycles. The van der Waals surface area contributed by atoms with Crippen molar-refractivity contribution in [3.05, 3.63) is 47.5 Å². The van der Waals surface area contributed by atoms with Gasteiger partial charge in [-0.2, -0.15) is 0 Å². The van der Waals surface area contributed by atoms with Crippen LogP contribution in [0.3, 0.4) is 0 Å². The van der Waals surface area contributed by atoms with Crippen molar-refractivity contribution in [1.82, 2.24) is 15.0 Å². The first kappa shape index (κ1) is 12.5. The van der Waals surface area contributed by atoms with Gasteiger partial charge in [0.25, 0.3) is 0 Å². The molecular weight excluding hydrogens is 224 g/mol. The maximum absolute atomic E-state index is 4.50. The summed E-state index contributed by atoms with van der Waals surface area (Å²) in [5, 5.41) is 3.21. The van der Waals surface area contributed by atoms with Crippen molar-refractivity contribution in [2.75, 3.05) is 5.32 Å². The molecule has 0 unspecified atom stereocenters. The first-order valence-electron chi connectivity index (χ1n) is 6.14. The lowest BCUT2D eigenvalue weighted by molar-refractivity contribution is 0.807. The fourth-order valence-corrected chi connectivity index (χ4v) is 1.64. The highest BCUT2D eigenvalue weighted by molar-refractivity contribution is 5.29. The van der Waals surface area contributed by atoms with Crippen molar-refractivity contribution in [1.29, 1.82) is 0 Å². The van der Waals surface area contributed by atoms with Crippen LogP contribution in [-0.4, -0.2) is 15.0 Å². The Morgan fingerprint density at radius 2 is 2.06 bits per heavy atom. The van der Waals surface area contributed by atoms with Crippen LogP contribution >= 0.6 is 0 Å². The minimum Gasteiger partial charge on any atom is -0.349 e. The van der Waals surface area contributed by atoms with Crippen LogP contribution in [0.25, 0.3) is 0 Å². The van der Waals surface area contributed by atoms with Crippen LogP contribution in [0, 0.1) is 6.92 Å². The Balaban J connectivity index is 2.10. The van der Waals surface area contributed by atoms with Crippen LogP contribution in [-0.2, 0) is 6.54 Å². The van der Waals surface area contributed by atoms with Crippen LogP contribution in [0.5, 0.6) is 0 Å². The van der Waals surface area contributed by atoms with Crippen molar-refractivity contribution in [2.45, 2.75) is 33.2 Å². The van der Waals surface area contributed by atoms with Crippen LogP contribution < -0.4 is 5.32 Å². The van der Waals surface area contributed by atoms with E-state index in [9.17, 15) is 0 Å². The highest BCUT2D eigenvalue weighted by Gasteiger charge is 2.05. The lowest BCUT2D eigenvalue weighted by Crippen LogP contribution is -2.07. The van der Waals surface area contributed by atoms with E-state index < -0.39 is 0 Å². The van der Waals surface area contributed by atoms with E-state index in [-0.39, 0.29) is 0 Å². The van der Waals surface area contributed by atoms with Gasteiger partial charge in [0.15, 0.2) is 0 Å². The molecular formula is C14H18N4. The first-order valence-corrected chi connectivity index (χ1v) is 6.14. The Hall–Kier alpha value is -1.97. The topological polar surface area (TPSA) is 50.7 Å². The zero-order valence-corrected chi connectivity index (χ0v) is 11.0. The molecule has 2 aromatic heterocycles. The molecule has 18 heavy (non-hydrogen) atoms. The fourth-order valence-electron chi connectivity index (χ4n) is 1.64. The van der Waals surface area contributed by atoms with E-state index in [4.69, 9.17) is 0 Å². The van der Waals surface area contributed by atoms with Gasteiger partial charge < -0.3 is 5.32 Å². The van der Waals surface area contributed by atoms with E-state index in [1.807, 2.05) is 31.2 Å². The van der Waals surface area contributed by atoms with Gasteiger partial charge in [0.1, 0.15) is 0 Å². The van der Waals surface area contributed by atoms with Gasteiger partial charge >= 0.3 is 0 Å². The lowest BCUT2D eigenvalue weighted by Gasteiger charge is -2.09. The predicted octanol–water partition coefficient (Wildman–Crippen LogP) is 2.92. The molecule has 0 radical (unpaired) electrons. The van der Waals surface area contributed by atoms with Crippen molar-refractivity contribution >= 4 is 5.95 Å². The summed E-state index contributed by atoms with van der Waals surface area (Å²) in [6, 6.07) is 7.88. The van der Waals surface area contributed by atoms with E-state index in [0.717, 1.165) is 17.1 Å². The number of aromatic nitrogens is 3. The van der Waals surface area contributed by atoms with Gasteiger partial charge in [-0.05, 0) is 31.0 Å². The molecule has 0 aliphatic carbocycles. The number of nitrogens with one attached hydrogen (secondary N) is 1. The Kier molecular flexibility index (Phi) is 3.87. The molecule has 2 heterocycles. The average Bonchev–Trinajstić information content (AvgIpc) is 2.37. The molecule has 2 aromatic rings. The largest absolute Gasteiger partial charge is 0.349 e. The summed E-state index contributed by atoms with van der Waals surface area (Å²) >= 11 is 0. The Morgan fingerprint density at radius 1 is 1.22 bits per heavy atom. The zero-order chi connectivity index (χ0) is 13.0. The molecule has 0 aliphatic rings. The summed E-state index contributed by atoms with van der Waals surface area (Å²) in [7, 11) is 0. The number of hydrogen-bond donors (Lipinski definition) is 1. The molecule has 2 rings (SSSR count). The van der Waals surface area contributed by atoms with Crippen LogP contribution in [0.4, 0.5) is 5.95 Å². The van der Waals surface area contributed by atoms with Gasteiger partial charge in [-0.1, -0.05) is 19.9 Å². The second-order valence-corrected chi connectivity index (χ2v) is 4.59. The molecule has 0 aliphatic heterocycles. The second-order valence-electron chi connectivity index (χ2n) is 4.59. The van der Waals surface area contributed by atoms with Gasteiger partial charge in [-0.25, -0.2) is 9.97 Å². The number of anilines is 1. The molecule has 94 valence electrons. The number of aryl methyl sites for hydroxylation is 1. The standard InChI is InChI=1S/C14H18N4/c1-10(2)13-8-11(3)17-14(18-13)16-9-12-6-4-5-7-15-12/h4-8,10H,9H2,1-3H3,(H,16,17,18). The maximum atomic E-state index is 4.50. The third-order valence-corrected chi connectivity index (χ3v) is 2.62. The first-order chi connectivity index (χ1) is 8.65. The Labute approximate surface area is 108 Å². The van der Waals surface area contributed by atoms with Crippen molar-refractivity contribution < 1.29 is 0 Å². The van der Waals surface area contributed by atoms with Gasteiger partial charge in [0.2, 0.25) is 5.95 Å². The Morgan fingerprint density at radius 3 is 2.72 bits per heavy atom. The van der Waals surface area contributed by atoms with Crippen molar-refractivity contribution in [3.8, 4) is 0 Å². The Bertz CT molecular complexity index is 508. The maximum Gasteiger partial charge on any atom is 0.223 e. The van der Waals surface area contributed by atoms with E-state index in [0.29, 0.717) is 18.4 Å². The monoisotopic (exact) mass is 242 g/mol. The number of hydrogen-bond acceptors (Lipinski definition) is 4. The van der Waals surface area contributed by atoms with E-state index in [1.54, 1.807) is 6.20 Å². The van der Waals surface area contributed by atoms with E-state index in [2.05, 4.69) is 34.1 Å². The smallest absolute Gasteiger partial charge is 0.223 e. The number of nitrogens with zero attached hydrogens (tertiary/aromatic N) is 3. The highest BCUT2D eigenvalue weighted by Crippen LogP contribution is 2.14. The molecule has 4 nitrogen and oxygen atoms in total. The van der Waals surface area contributed by atoms with Crippen LogP contribution in [0.1, 0.15) is 36.8 Å². The van der Waals surface area contributed by atoms with Gasteiger partial charge in [0, 0.05) is 17.6 Å². The second kappa shape index (κ2) is 5.58. The summed E-state index contributed by atoms with van der Waals surface area (Å²) in [5.41, 5.74) is 3.02. The van der Waals surface area contributed by atoms with Crippen molar-refractivity contribution in [2.24, 2.45) is 0 Å². The normalized spacial score (nSPS) is 10.7. The molecule has 0 saturated carbocycles. The van der Waals surface area contributed by atoms with E-state index in [1.165, 1.54) is 0 Å². The summed E-state index contributed by atoms with van der Waals surface area (Å²) < 4.78 is 0. The average molecular weight is 242 g/mol. The molecule has 1 N–H and O–H groups in total. The van der Waals surface area contributed by atoms with Crippen LogP contribution in [0.2, 0.25) is 0 Å². The van der Waals surface area contributed by atoms with Gasteiger partial charge in [0.05, 0.1) is 12.2 Å². The fraction of sp³-hybridized carbons (Fsp3) is 0.357. The summed E-state index contributed by atoms with van der Waals surface area (Å²) in [4.78, 5) is 13.1. The molecule has 0 amide bonds. The molecule has 0 fully saturated rings. The quantitative estimate of drug-likeness (QED) is 0.895. The van der Waals surface area contributed by atoms with E-state index >= 15 is 0 Å². The molecule has 0 spiro atoms. The summed E-state index contributed by atoms with van der Waals surface area (Å²) in [6.45, 7) is 6.88. The SMILES string of the molecule is Cc1cc(C(C)C)nc(NCc2ccccn2)n1. The summed E-state index contributed by atoms with van der Waals surface area (Å²) in [6.07, 6.45) is 1.79. The minimum absolute atomic E-state index is 0.405. The van der Waals surface area contributed by atoms with Gasteiger partial charge in [-0.15, -0.1) is 0 Å². The molecule has 0 aromatic carbocycles.